The number of rotatable bonds is 6. The summed E-state index contributed by atoms with van der Waals surface area (Å²) in [5.41, 5.74) is 6.01. The molecular weight excluding hydrogens is 444 g/mol. The summed E-state index contributed by atoms with van der Waals surface area (Å²) in [6.45, 7) is 3.80. The monoisotopic (exact) mass is 460 g/mol. The lowest BCUT2D eigenvalue weighted by molar-refractivity contribution is 0.0955. The lowest BCUT2D eigenvalue weighted by atomic mass is 10.1. The number of nitrogens with one attached hydrogen (secondary N) is 1. The van der Waals surface area contributed by atoms with Crippen molar-refractivity contribution in [1.82, 2.24) is 15.6 Å². The van der Waals surface area contributed by atoms with Crippen molar-refractivity contribution in [3.63, 3.8) is 0 Å². The first-order chi connectivity index (χ1) is 13.0. The number of benzene rings is 2. The first-order valence-electron chi connectivity index (χ1n) is 8.13. The van der Waals surface area contributed by atoms with Crippen molar-refractivity contribution in [2.45, 2.75) is 23.9 Å². The van der Waals surface area contributed by atoms with Gasteiger partial charge >= 0.3 is 0 Å². The van der Waals surface area contributed by atoms with Crippen LogP contribution in [0.25, 0.3) is 0 Å². The van der Waals surface area contributed by atoms with Crippen molar-refractivity contribution < 1.29 is 4.79 Å². The van der Waals surface area contributed by atoms with E-state index in [2.05, 4.69) is 36.7 Å². The molecule has 3 rings (SSSR count). The third kappa shape index (κ3) is 5.72. The summed E-state index contributed by atoms with van der Waals surface area (Å²) < 4.78 is 1.95. The van der Waals surface area contributed by atoms with Gasteiger partial charge in [-0.1, -0.05) is 63.3 Å². The fourth-order valence-electron chi connectivity index (χ4n) is 2.19. The molecule has 0 unspecified atom stereocenters. The van der Waals surface area contributed by atoms with Crippen LogP contribution in [0.4, 0.5) is 0 Å². The van der Waals surface area contributed by atoms with Crippen molar-refractivity contribution in [1.29, 1.82) is 0 Å². The number of nitrogens with zero attached hydrogens (tertiary/aromatic N) is 3. The third-order valence-electron chi connectivity index (χ3n) is 3.67. The number of hydrogen-bond acceptors (Lipinski definition) is 6. The fraction of sp³-hybridized carbons (Fsp3) is 0.158. The molecule has 1 amide bonds. The van der Waals surface area contributed by atoms with Gasteiger partial charge in [0.1, 0.15) is 5.01 Å². The van der Waals surface area contributed by atoms with Crippen LogP contribution in [0, 0.1) is 6.92 Å². The topological polar surface area (TPSA) is 67.2 Å². The molecule has 0 spiro atoms. The Kier molecular flexibility index (Phi) is 6.76. The molecule has 1 heterocycles. The number of carbonyl (C=O) groups excluding carboxylic acids is 1. The zero-order chi connectivity index (χ0) is 19.2. The van der Waals surface area contributed by atoms with E-state index in [1.54, 1.807) is 35.2 Å². The van der Waals surface area contributed by atoms with Crippen LogP contribution in [0.2, 0.25) is 0 Å². The van der Waals surface area contributed by atoms with Gasteiger partial charge in [-0.25, -0.2) is 5.43 Å². The van der Waals surface area contributed by atoms with Crippen molar-refractivity contribution >= 4 is 50.6 Å². The molecule has 5 nitrogen and oxygen atoms in total. The van der Waals surface area contributed by atoms with E-state index in [1.807, 2.05) is 50.2 Å². The normalized spacial score (nSPS) is 11.4. The van der Waals surface area contributed by atoms with E-state index in [0.717, 1.165) is 36.4 Å². The first-order valence-corrected chi connectivity index (χ1v) is 10.7. The molecule has 0 saturated heterocycles. The number of hydrazone groups is 1. The number of carbonyl (C=O) groups is 1. The molecule has 1 aromatic heterocycles. The quantitative estimate of drug-likeness (QED) is 0.317. The summed E-state index contributed by atoms with van der Waals surface area (Å²) in [6, 6.07) is 15.3. The molecule has 0 aliphatic heterocycles. The molecule has 1 N–H and O–H groups in total. The Hall–Kier alpha value is -2.03. The Labute approximate surface area is 174 Å². The SMILES string of the molecule is CC(=NNC(=O)c1ccc(CSc2nnc(C)s2)cc1)c1ccc(Br)cc1. The maximum absolute atomic E-state index is 12.3. The minimum absolute atomic E-state index is 0.231. The van der Waals surface area contributed by atoms with Crippen LogP contribution in [0.5, 0.6) is 0 Å². The lowest BCUT2D eigenvalue weighted by Crippen LogP contribution is -2.19. The summed E-state index contributed by atoms with van der Waals surface area (Å²) in [4.78, 5) is 12.3. The summed E-state index contributed by atoms with van der Waals surface area (Å²) in [7, 11) is 0. The predicted molar refractivity (Wildman–Crippen MR) is 114 cm³/mol. The average Bonchev–Trinajstić information content (AvgIpc) is 3.10. The third-order valence-corrected chi connectivity index (χ3v) is 6.24. The van der Waals surface area contributed by atoms with E-state index in [0.29, 0.717) is 5.56 Å². The van der Waals surface area contributed by atoms with E-state index >= 15 is 0 Å². The van der Waals surface area contributed by atoms with Crippen LogP contribution >= 0.6 is 39.0 Å². The molecule has 0 aliphatic carbocycles. The highest BCUT2D eigenvalue weighted by Gasteiger charge is 2.07. The van der Waals surface area contributed by atoms with Gasteiger partial charge in [-0.15, -0.1) is 10.2 Å². The van der Waals surface area contributed by atoms with Gasteiger partial charge in [-0.2, -0.15) is 5.10 Å². The highest BCUT2D eigenvalue weighted by atomic mass is 79.9. The van der Waals surface area contributed by atoms with Gasteiger partial charge in [0.15, 0.2) is 4.34 Å². The van der Waals surface area contributed by atoms with E-state index < -0.39 is 0 Å². The molecule has 0 radical (unpaired) electrons. The summed E-state index contributed by atoms with van der Waals surface area (Å²) >= 11 is 6.62. The largest absolute Gasteiger partial charge is 0.271 e. The zero-order valence-electron chi connectivity index (χ0n) is 14.8. The summed E-state index contributed by atoms with van der Waals surface area (Å²) in [5, 5.41) is 13.3. The standard InChI is InChI=1S/C19H17BrN4OS2/c1-12(15-7-9-17(20)10-8-15)21-23-18(25)16-5-3-14(4-6-16)11-26-19-24-22-13(2)27-19/h3-10H,11H2,1-2H3,(H,23,25). The minimum Gasteiger partial charge on any atom is -0.267 e. The molecule has 2 aromatic carbocycles. The van der Waals surface area contributed by atoms with Gasteiger partial charge in [0.05, 0.1) is 5.71 Å². The second-order valence-electron chi connectivity index (χ2n) is 5.72. The number of hydrogen-bond donors (Lipinski definition) is 1. The second-order valence-corrected chi connectivity index (χ2v) is 9.04. The van der Waals surface area contributed by atoms with Crippen LogP contribution in [0.3, 0.4) is 0 Å². The number of aromatic nitrogens is 2. The average molecular weight is 461 g/mol. The van der Waals surface area contributed by atoms with Crippen molar-refractivity contribution in [2.75, 3.05) is 0 Å². The van der Waals surface area contributed by atoms with Gasteiger partial charge in [-0.3, -0.25) is 4.79 Å². The van der Waals surface area contributed by atoms with Crippen LogP contribution in [0.1, 0.15) is 33.4 Å². The number of halogens is 1. The molecule has 0 aliphatic rings. The number of thioether (sulfide) groups is 1. The van der Waals surface area contributed by atoms with E-state index in [-0.39, 0.29) is 5.91 Å². The Morgan fingerprint density at radius 2 is 1.78 bits per heavy atom. The molecule has 3 aromatic rings. The smallest absolute Gasteiger partial charge is 0.267 e. The lowest BCUT2D eigenvalue weighted by Gasteiger charge is -2.04. The molecule has 0 bridgehead atoms. The van der Waals surface area contributed by atoms with Gasteiger partial charge in [0.2, 0.25) is 0 Å². The number of amides is 1. The van der Waals surface area contributed by atoms with Crippen molar-refractivity contribution in [3.05, 3.63) is 74.7 Å². The molecule has 27 heavy (non-hydrogen) atoms. The van der Waals surface area contributed by atoms with Crippen molar-refractivity contribution in [2.24, 2.45) is 5.10 Å². The zero-order valence-corrected chi connectivity index (χ0v) is 18.0. The Bertz CT molecular complexity index is 953. The molecule has 0 saturated carbocycles. The first kappa shape index (κ1) is 19.7. The molecule has 0 fully saturated rings. The second kappa shape index (κ2) is 9.25. The van der Waals surface area contributed by atoms with Gasteiger partial charge < -0.3 is 0 Å². The highest BCUT2D eigenvalue weighted by Crippen LogP contribution is 2.25. The Morgan fingerprint density at radius 1 is 1.11 bits per heavy atom. The van der Waals surface area contributed by atoms with E-state index in [9.17, 15) is 4.79 Å². The van der Waals surface area contributed by atoms with Crippen LogP contribution in [-0.2, 0) is 5.75 Å². The molecular formula is C19H17BrN4OS2. The Morgan fingerprint density at radius 3 is 2.41 bits per heavy atom. The van der Waals surface area contributed by atoms with Gasteiger partial charge in [0.25, 0.3) is 5.91 Å². The Balaban J connectivity index is 1.56. The fourth-order valence-corrected chi connectivity index (χ4v) is 4.22. The van der Waals surface area contributed by atoms with E-state index in [4.69, 9.17) is 0 Å². The predicted octanol–water partition coefficient (Wildman–Crippen LogP) is 5.06. The maximum Gasteiger partial charge on any atom is 0.271 e. The summed E-state index contributed by atoms with van der Waals surface area (Å²) in [6.07, 6.45) is 0. The molecule has 0 atom stereocenters. The molecule has 138 valence electrons. The van der Waals surface area contributed by atoms with E-state index in [1.165, 1.54) is 0 Å². The van der Waals surface area contributed by atoms with Gasteiger partial charge in [0, 0.05) is 15.8 Å². The van der Waals surface area contributed by atoms with Gasteiger partial charge in [-0.05, 0) is 49.2 Å². The van der Waals surface area contributed by atoms with Crippen LogP contribution < -0.4 is 5.43 Å². The van der Waals surface area contributed by atoms with Crippen LogP contribution in [0.15, 0.2) is 62.4 Å². The van der Waals surface area contributed by atoms with Crippen molar-refractivity contribution in [3.8, 4) is 0 Å². The maximum atomic E-state index is 12.3. The number of aryl methyl sites for hydroxylation is 1. The highest BCUT2D eigenvalue weighted by molar-refractivity contribution is 9.10. The molecule has 8 heteroatoms. The minimum atomic E-state index is -0.231. The van der Waals surface area contributed by atoms with Crippen LogP contribution in [-0.4, -0.2) is 21.8 Å². The summed E-state index contributed by atoms with van der Waals surface area (Å²) in [5.74, 6) is 0.558.